The van der Waals surface area contributed by atoms with Gasteiger partial charge in [0.25, 0.3) is 0 Å². The fourth-order valence-corrected chi connectivity index (χ4v) is 2.38. The first-order chi connectivity index (χ1) is 9.10. The van der Waals surface area contributed by atoms with Gasteiger partial charge in [0.05, 0.1) is 12.3 Å². The van der Waals surface area contributed by atoms with Crippen molar-refractivity contribution in [3.05, 3.63) is 11.6 Å². The quantitative estimate of drug-likeness (QED) is 0.836. The van der Waals surface area contributed by atoms with Gasteiger partial charge in [-0.1, -0.05) is 0 Å². The normalized spacial score (nSPS) is 19.9. The van der Waals surface area contributed by atoms with E-state index in [1.54, 1.807) is 0 Å². The molecule has 19 heavy (non-hydrogen) atoms. The average Bonchev–Trinajstić information content (AvgIpc) is 2.36. The molecular formula is C13H19N5O. The van der Waals surface area contributed by atoms with Crippen molar-refractivity contribution in [2.24, 2.45) is 5.92 Å². The van der Waals surface area contributed by atoms with E-state index in [9.17, 15) is 0 Å². The molecule has 2 rings (SSSR count). The third-order valence-electron chi connectivity index (χ3n) is 3.33. The Kier molecular flexibility index (Phi) is 4.07. The summed E-state index contributed by atoms with van der Waals surface area (Å²) in [5, 5.41) is 9.07. The van der Waals surface area contributed by atoms with E-state index in [0.717, 1.165) is 19.5 Å². The van der Waals surface area contributed by atoms with Crippen LogP contribution in [0.1, 0.15) is 18.4 Å². The maximum Gasteiger partial charge on any atom is 0.235 e. The lowest BCUT2D eigenvalue weighted by atomic mass is 10.00. The number of hydrogen-bond donors (Lipinski definition) is 2. The molecule has 2 heterocycles. The summed E-state index contributed by atoms with van der Waals surface area (Å²) in [7, 11) is 2.10. The Balaban J connectivity index is 2.05. The summed E-state index contributed by atoms with van der Waals surface area (Å²) in [6.07, 6.45) is 2.30. The average molecular weight is 261 g/mol. The molecule has 0 aliphatic carbocycles. The number of aromatic nitrogens is 1. The van der Waals surface area contributed by atoms with Crippen LogP contribution < -0.4 is 16.2 Å². The summed E-state index contributed by atoms with van der Waals surface area (Å²) < 4.78 is 5.66. The number of nitrogens with two attached hydrogens (primary N) is 2. The van der Waals surface area contributed by atoms with Crippen LogP contribution in [-0.4, -0.2) is 36.6 Å². The predicted molar refractivity (Wildman–Crippen MR) is 73.5 cm³/mol. The lowest BCUT2D eigenvalue weighted by Gasteiger charge is -2.29. The highest BCUT2D eigenvalue weighted by molar-refractivity contribution is 5.62. The van der Waals surface area contributed by atoms with Crippen LogP contribution in [0, 0.1) is 17.2 Å². The third-order valence-corrected chi connectivity index (χ3v) is 3.33. The van der Waals surface area contributed by atoms with Gasteiger partial charge in [0.15, 0.2) is 0 Å². The van der Waals surface area contributed by atoms with E-state index >= 15 is 0 Å². The van der Waals surface area contributed by atoms with Gasteiger partial charge in [-0.2, -0.15) is 10.2 Å². The summed E-state index contributed by atoms with van der Waals surface area (Å²) in [5.41, 5.74) is 11.9. The fraction of sp³-hybridized carbons (Fsp3) is 0.538. The van der Waals surface area contributed by atoms with Gasteiger partial charge in [-0.05, 0) is 26.4 Å². The van der Waals surface area contributed by atoms with Crippen molar-refractivity contribution >= 4 is 11.5 Å². The molecule has 1 aliphatic rings. The molecule has 1 saturated heterocycles. The van der Waals surface area contributed by atoms with Gasteiger partial charge in [0.1, 0.15) is 17.5 Å². The Hall–Kier alpha value is -2.00. The SMILES string of the molecule is CN1CCC[C@@H](COc2nc(N)cc(N)c2C#N)C1. The van der Waals surface area contributed by atoms with Crippen molar-refractivity contribution < 1.29 is 4.74 Å². The molecule has 0 saturated carbocycles. The smallest absolute Gasteiger partial charge is 0.235 e. The summed E-state index contributed by atoms with van der Waals surface area (Å²) in [5.74, 6) is 0.968. The van der Waals surface area contributed by atoms with Crippen LogP contribution >= 0.6 is 0 Å². The minimum atomic E-state index is 0.244. The van der Waals surface area contributed by atoms with Gasteiger partial charge in [0.2, 0.25) is 5.88 Å². The number of likely N-dealkylation sites (tertiary alicyclic amines) is 1. The van der Waals surface area contributed by atoms with E-state index in [2.05, 4.69) is 16.9 Å². The number of hydrogen-bond acceptors (Lipinski definition) is 6. The standard InChI is InChI=1S/C13H19N5O/c1-18-4-2-3-9(7-18)8-19-13-10(6-14)11(15)5-12(16)17-13/h5,9H,2-4,7-8H2,1H3,(H4,15,16,17)/t9-/m1/s1. The van der Waals surface area contributed by atoms with Gasteiger partial charge >= 0.3 is 0 Å². The highest BCUT2D eigenvalue weighted by Gasteiger charge is 2.19. The lowest BCUT2D eigenvalue weighted by molar-refractivity contribution is 0.147. The molecule has 6 heteroatoms. The number of nitriles is 1. The highest BCUT2D eigenvalue weighted by Crippen LogP contribution is 2.25. The second-order valence-corrected chi connectivity index (χ2v) is 5.01. The summed E-state index contributed by atoms with van der Waals surface area (Å²) in [6, 6.07) is 3.48. The molecule has 1 aromatic heterocycles. The van der Waals surface area contributed by atoms with Crippen molar-refractivity contribution in [3.8, 4) is 11.9 Å². The monoisotopic (exact) mass is 261 g/mol. The van der Waals surface area contributed by atoms with Crippen LogP contribution in [0.3, 0.4) is 0 Å². The molecule has 6 nitrogen and oxygen atoms in total. The van der Waals surface area contributed by atoms with Gasteiger partial charge in [-0.15, -0.1) is 0 Å². The first-order valence-electron chi connectivity index (χ1n) is 6.37. The molecule has 0 aromatic carbocycles. The highest BCUT2D eigenvalue weighted by atomic mass is 16.5. The third kappa shape index (κ3) is 3.26. The number of ether oxygens (including phenoxy) is 1. The van der Waals surface area contributed by atoms with Crippen LogP contribution in [0.2, 0.25) is 0 Å². The van der Waals surface area contributed by atoms with Gasteiger partial charge in [0, 0.05) is 18.5 Å². The van der Waals surface area contributed by atoms with Gasteiger partial charge in [-0.25, -0.2) is 0 Å². The molecule has 1 aliphatic heterocycles. The maximum absolute atomic E-state index is 9.07. The minimum absolute atomic E-state index is 0.244. The predicted octanol–water partition coefficient (Wildman–Crippen LogP) is 0.838. The van der Waals surface area contributed by atoms with Crippen molar-refractivity contribution in [2.45, 2.75) is 12.8 Å². The Labute approximate surface area is 113 Å². The molecule has 0 amide bonds. The topological polar surface area (TPSA) is 101 Å². The van der Waals surface area contributed by atoms with Crippen molar-refractivity contribution in [1.82, 2.24) is 9.88 Å². The van der Waals surface area contributed by atoms with Gasteiger partial charge < -0.3 is 21.1 Å². The summed E-state index contributed by atoms with van der Waals surface area (Å²) in [6.45, 7) is 2.66. The van der Waals surface area contributed by atoms with E-state index in [4.69, 9.17) is 21.5 Å². The molecule has 0 spiro atoms. The Morgan fingerprint density at radius 3 is 3.05 bits per heavy atom. The molecule has 0 unspecified atom stereocenters. The van der Waals surface area contributed by atoms with E-state index in [1.807, 2.05) is 6.07 Å². The largest absolute Gasteiger partial charge is 0.476 e. The van der Waals surface area contributed by atoms with Crippen LogP contribution in [0.25, 0.3) is 0 Å². The molecule has 0 bridgehead atoms. The first-order valence-corrected chi connectivity index (χ1v) is 6.37. The Morgan fingerprint density at radius 2 is 2.37 bits per heavy atom. The number of rotatable bonds is 3. The molecule has 0 radical (unpaired) electrons. The Morgan fingerprint density at radius 1 is 1.58 bits per heavy atom. The zero-order valence-corrected chi connectivity index (χ0v) is 11.1. The van der Waals surface area contributed by atoms with Gasteiger partial charge in [-0.3, -0.25) is 0 Å². The van der Waals surface area contributed by atoms with E-state index in [-0.39, 0.29) is 17.3 Å². The number of anilines is 2. The number of nitrogen functional groups attached to an aromatic ring is 2. The van der Waals surface area contributed by atoms with Crippen molar-refractivity contribution in [1.29, 1.82) is 5.26 Å². The number of pyridine rings is 1. The summed E-state index contributed by atoms with van der Waals surface area (Å²) in [4.78, 5) is 6.33. The van der Waals surface area contributed by atoms with Crippen LogP contribution in [-0.2, 0) is 0 Å². The minimum Gasteiger partial charge on any atom is -0.476 e. The van der Waals surface area contributed by atoms with E-state index in [0.29, 0.717) is 18.2 Å². The molecule has 102 valence electrons. The van der Waals surface area contributed by atoms with Crippen molar-refractivity contribution in [3.63, 3.8) is 0 Å². The molecular weight excluding hydrogens is 242 g/mol. The Bertz CT molecular complexity index is 497. The van der Waals surface area contributed by atoms with Crippen LogP contribution in [0.4, 0.5) is 11.5 Å². The second kappa shape index (κ2) is 5.76. The second-order valence-electron chi connectivity index (χ2n) is 5.01. The number of nitrogens with zero attached hydrogens (tertiary/aromatic N) is 3. The number of piperidine rings is 1. The summed E-state index contributed by atoms with van der Waals surface area (Å²) >= 11 is 0. The maximum atomic E-state index is 9.07. The van der Waals surface area contributed by atoms with Crippen LogP contribution in [0.5, 0.6) is 5.88 Å². The van der Waals surface area contributed by atoms with E-state index in [1.165, 1.54) is 12.5 Å². The molecule has 1 atom stereocenters. The van der Waals surface area contributed by atoms with Crippen LogP contribution in [0.15, 0.2) is 6.07 Å². The molecule has 1 aromatic rings. The van der Waals surface area contributed by atoms with E-state index < -0.39 is 0 Å². The zero-order chi connectivity index (χ0) is 13.8. The fourth-order valence-electron chi connectivity index (χ4n) is 2.38. The van der Waals surface area contributed by atoms with Crippen molar-refractivity contribution in [2.75, 3.05) is 38.2 Å². The lowest BCUT2D eigenvalue weighted by Crippen LogP contribution is -2.34. The first kappa shape index (κ1) is 13.4. The molecule has 4 N–H and O–H groups in total. The zero-order valence-electron chi connectivity index (χ0n) is 11.1. The molecule has 1 fully saturated rings.